The van der Waals surface area contributed by atoms with Gasteiger partial charge >= 0.3 is 5.97 Å². The molecule has 0 bridgehead atoms. The molecule has 110 valence electrons. The van der Waals surface area contributed by atoms with Crippen LogP contribution in [0.2, 0.25) is 0 Å². The highest BCUT2D eigenvalue weighted by atomic mass is 16.5. The molecule has 1 saturated carbocycles. The van der Waals surface area contributed by atoms with Gasteiger partial charge in [0.2, 0.25) is 0 Å². The smallest absolute Gasteiger partial charge is 0.305 e. The quantitative estimate of drug-likeness (QED) is 0.703. The Hall–Kier alpha value is -1.31. The van der Waals surface area contributed by atoms with Gasteiger partial charge in [0, 0.05) is 6.42 Å². The van der Waals surface area contributed by atoms with E-state index in [0.29, 0.717) is 13.0 Å². The van der Waals surface area contributed by atoms with Gasteiger partial charge in [0.25, 0.3) is 0 Å². The fraction of sp³-hybridized carbons (Fsp3) is 0.611. The predicted molar refractivity (Wildman–Crippen MR) is 81.6 cm³/mol. The summed E-state index contributed by atoms with van der Waals surface area (Å²) in [5.41, 5.74) is 1.50. The summed E-state index contributed by atoms with van der Waals surface area (Å²) in [6, 6.07) is 10.9. The number of carbonyl (C=O) groups is 1. The third-order valence-electron chi connectivity index (χ3n) is 4.42. The lowest BCUT2D eigenvalue weighted by Crippen LogP contribution is -2.14. The fourth-order valence-corrected chi connectivity index (χ4v) is 3.28. The van der Waals surface area contributed by atoms with Crippen LogP contribution < -0.4 is 0 Å². The van der Waals surface area contributed by atoms with Crippen molar-refractivity contribution >= 4 is 5.97 Å². The molecular formula is C18H26O2. The van der Waals surface area contributed by atoms with E-state index in [0.717, 1.165) is 18.3 Å². The Morgan fingerprint density at radius 1 is 1.15 bits per heavy atom. The molecule has 0 amide bonds. The molecule has 2 heteroatoms. The largest absolute Gasteiger partial charge is 0.466 e. The number of esters is 1. The van der Waals surface area contributed by atoms with E-state index in [-0.39, 0.29) is 5.97 Å². The zero-order chi connectivity index (χ0) is 14.2. The lowest BCUT2D eigenvalue weighted by molar-refractivity contribution is -0.143. The Morgan fingerprint density at radius 2 is 1.85 bits per heavy atom. The molecule has 1 aliphatic rings. The van der Waals surface area contributed by atoms with E-state index in [1.807, 2.05) is 6.92 Å². The highest BCUT2D eigenvalue weighted by molar-refractivity contribution is 5.69. The first-order valence-electron chi connectivity index (χ1n) is 8.00. The summed E-state index contributed by atoms with van der Waals surface area (Å²) in [6.45, 7) is 2.36. The lowest BCUT2D eigenvalue weighted by Gasteiger charge is -2.28. The van der Waals surface area contributed by atoms with E-state index in [9.17, 15) is 4.79 Å². The molecule has 2 rings (SSSR count). The molecule has 1 aromatic carbocycles. The first-order valence-corrected chi connectivity index (χ1v) is 8.00. The Kier molecular flexibility index (Phi) is 6.10. The van der Waals surface area contributed by atoms with Gasteiger partial charge in [-0.15, -0.1) is 0 Å². The third kappa shape index (κ3) is 4.66. The second-order valence-electron chi connectivity index (χ2n) is 5.83. The van der Waals surface area contributed by atoms with Gasteiger partial charge in [-0.3, -0.25) is 4.79 Å². The SMILES string of the molecule is CCOC(=O)CCCC1CCC(c2ccccc2)CC1. The van der Waals surface area contributed by atoms with Gasteiger partial charge in [-0.2, -0.15) is 0 Å². The van der Waals surface area contributed by atoms with Crippen molar-refractivity contribution in [3.63, 3.8) is 0 Å². The van der Waals surface area contributed by atoms with Crippen LogP contribution in [0.15, 0.2) is 30.3 Å². The van der Waals surface area contributed by atoms with Crippen LogP contribution in [0.1, 0.15) is 63.4 Å². The van der Waals surface area contributed by atoms with E-state index < -0.39 is 0 Å². The van der Waals surface area contributed by atoms with Crippen molar-refractivity contribution in [1.82, 2.24) is 0 Å². The van der Waals surface area contributed by atoms with Crippen molar-refractivity contribution in [2.24, 2.45) is 5.92 Å². The van der Waals surface area contributed by atoms with Crippen LogP contribution in [0.25, 0.3) is 0 Å². The first kappa shape index (κ1) is 15.1. The minimum absolute atomic E-state index is 0.0366. The molecule has 0 unspecified atom stereocenters. The van der Waals surface area contributed by atoms with Crippen molar-refractivity contribution in [3.05, 3.63) is 35.9 Å². The molecular weight excluding hydrogens is 248 g/mol. The standard InChI is InChI=1S/C18H26O2/c1-2-20-18(19)10-6-7-15-11-13-17(14-12-15)16-8-4-3-5-9-16/h3-5,8-9,15,17H,2,6-7,10-14H2,1H3. The van der Waals surface area contributed by atoms with Gasteiger partial charge in [-0.05, 0) is 62.8 Å². The molecule has 1 aliphatic carbocycles. The summed E-state index contributed by atoms with van der Waals surface area (Å²) in [6.07, 6.45) is 7.97. The molecule has 1 fully saturated rings. The molecule has 0 atom stereocenters. The van der Waals surface area contributed by atoms with E-state index in [4.69, 9.17) is 4.74 Å². The van der Waals surface area contributed by atoms with E-state index >= 15 is 0 Å². The average molecular weight is 274 g/mol. The number of carbonyl (C=O) groups excluding carboxylic acids is 1. The predicted octanol–water partition coefficient (Wildman–Crippen LogP) is 4.69. The molecule has 0 N–H and O–H groups in total. The molecule has 2 nitrogen and oxygen atoms in total. The summed E-state index contributed by atoms with van der Waals surface area (Å²) < 4.78 is 4.97. The topological polar surface area (TPSA) is 26.3 Å². The summed E-state index contributed by atoms with van der Waals surface area (Å²) in [5, 5.41) is 0. The van der Waals surface area contributed by atoms with Gasteiger partial charge in [-0.1, -0.05) is 30.3 Å². The van der Waals surface area contributed by atoms with Gasteiger partial charge in [0.15, 0.2) is 0 Å². The molecule has 0 spiro atoms. The highest BCUT2D eigenvalue weighted by Gasteiger charge is 2.22. The monoisotopic (exact) mass is 274 g/mol. The second-order valence-corrected chi connectivity index (χ2v) is 5.83. The number of ether oxygens (including phenoxy) is 1. The van der Waals surface area contributed by atoms with Crippen LogP contribution in [0.4, 0.5) is 0 Å². The minimum Gasteiger partial charge on any atom is -0.466 e. The third-order valence-corrected chi connectivity index (χ3v) is 4.42. The zero-order valence-corrected chi connectivity index (χ0v) is 12.5. The van der Waals surface area contributed by atoms with E-state index in [2.05, 4.69) is 30.3 Å². The maximum Gasteiger partial charge on any atom is 0.305 e. The zero-order valence-electron chi connectivity index (χ0n) is 12.5. The molecule has 0 saturated heterocycles. The molecule has 0 aromatic heterocycles. The van der Waals surface area contributed by atoms with Crippen molar-refractivity contribution in [2.45, 2.75) is 57.8 Å². The normalized spacial score (nSPS) is 22.4. The first-order chi connectivity index (χ1) is 9.79. The van der Waals surface area contributed by atoms with Crippen LogP contribution in [0.5, 0.6) is 0 Å². The molecule has 20 heavy (non-hydrogen) atoms. The maximum atomic E-state index is 11.3. The lowest BCUT2D eigenvalue weighted by atomic mass is 9.77. The molecule has 1 aromatic rings. The van der Waals surface area contributed by atoms with E-state index in [1.165, 1.54) is 37.7 Å². The Bertz CT molecular complexity index is 391. The molecule has 0 aliphatic heterocycles. The number of hydrogen-bond acceptors (Lipinski definition) is 2. The second kappa shape index (κ2) is 8.08. The van der Waals surface area contributed by atoms with Crippen LogP contribution >= 0.6 is 0 Å². The summed E-state index contributed by atoms with van der Waals surface area (Å²) >= 11 is 0. The minimum atomic E-state index is -0.0366. The summed E-state index contributed by atoms with van der Waals surface area (Å²) in [7, 11) is 0. The van der Waals surface area contributed by atoms with Crippen LogP contribution in [-0.2, 0) is 9.53 Å². The molecule has 0 heterocycles. The van der Waals surface area contributed by atoms with E-state index in [1.54, 1.807) is 0 Å². The van der Waals surface area contributed by atoms with Crippen molar-refractivity contribution in [3.8, 4) is 0 Å². The van der Waals surface area contributed by atoms with Crippen molar-refractivity contribution in [1.29, 1.82) is 0 Å². The maximum absolute atomic E-state index is 11.3. The fourth-order valence-electron chi connectivity index (χ4n) is 3.28. The summed E-state index contributed by atoms with van der Waals surface area (Å²) in [4.78, 5) is 11.3. The Morgan fingerprint density at radius 3 is 2.50 bits per heavy atom. The van der Waals surface area contributed by atoms with Gasteiger partial charge in [0.05, 0.1) is 6.61 Å². The Labute approximate surface area is 122 Å². The average Bonchev–Trinajstić information content (AvgIpc) is 2.49. The highest BCUT2D eigenvalue weighted by Crippen LogP contribution is 2.37. The van der Waals surface area contributed by atoms with Gasteiger partial charge in [0.1, 0.15) is 0 Å². The van der Waals surface area contributed by atoms with Crippen molar-refractivity contribution < 1.29 is 9.53 Å². The molecule has 0 radical (unpaired) electrons. The number of rotatable bonds is 6. The van der Waals surface area contributed by atoms with Crippen molar-refractivity contribution in [2.75, 3.05) is 6.61 Å². The van der Waals surface area contributed by atoms with Gasteiger partial charge < -0.3 is 4.74 Å². The number of benzene rings is 1. The van der Waals surface area contributed by atoms with Gasteiger partial charge in [-0.25, -0.2) is 0 Å². The van der Waals surface area contributed by atoms with Crippen LogP contribution in [0, 0.1) is 5.92 Å². The van der Waals surface area contributed by atoms with Crippen LogP contribution in [0.3, 0.4) is 0 Å². The number of hydrogen-bond donors (Lipinski definition) is 0. The van der Waals surface area contributed by atoms with Crippen LogP contribution in [-0.4, -0.2) is 12.6 Å². The Balaban J connectivity index is 1.66. The summed E-state index contributed by atoms with van der Waals surface area (Å²) in [5.74, 6) is 1.52.